The van der Waals surface area contributed by atoms with E-state index in [1.165, 1.54) is 23.1 Å². The number of aryl methyl sites for hydroxylation is 1. The van der Waals surface area contributed by atoms with E-state index in [0.717, 1.165) is 11.3 Å². The van der Waals surface area contributed by atoms with E-state index in [1.54, 1.807) is 18.2 Å². The van der Waals surface area contributed by atoms with Gasteiger partial charge in [0.1, 0.15) is 5.75 Å². The van der Waals surface area contributed by atoms with E-state index in [-0.39, 0.29) is 23.5 Å². The fraction of sp³-hybridized carbons (Fsp3) is 0.200. The molecule has 0 saturated heterocycles. The van der Waals surface area contributed by atoms with Crippen LogP contribution in [0.5, 0.6) is 5.75 Å². The van der Waals surface area contributed by atoms with Crippen molar-refractivity contribution in [1.82, 2.24) is 10.2 Å². The van der Waals surface area contributed by atoms with Gasteiger partial charge in [-0.25, -0.2) is 0 Å². The summed E-state index contributed by atoms with van der Waals surface area (Å²) in [6, 6.07) is 13.1. The van der Waals surface area contributed by atoms with Crippen molar-refractivity contribution in [3.05, 3.63) is 53.6 Å². The van der Waals surface area contributed by atoms with Crippen LogP contribution in [0.3, 0.4) is 0 Å². The molecule has 0 fully saturated rings. The lowest BCUT2D eigenvalue weighted by atomic mass is 10.1. The zero-order chi connectivity index (χ0) is 20.4. The van der Waals surface area contributed by atoms with Crippen molar-refractivity contribution < 1.29 is 14.3 Å². The number of ether oxygens (including phenoxy) is 1. The van der Waals surface area contributed by atoms with Gasteiger partial charge in [0.05, 0.1) is 10.9 Å². The molecule has 0 spiro atoms. The molecule has 29 heavy (non-hydrogen) atoms. The van der Waals surface area contributed by atoms with Crippen molar-refractivity contribution in [3.8, 4) is 5.75 Å². The summed E-state index contributed by atoms with van der Waals surface area (Å²) in [5, 5.41) is 14.6. The Morgan fingerprint density at radius 1 is 1.28 bits per heavy atom. The first-order valence-corrected chi connectivity index (χ1v) is 10.6. The topological polar surface area (TPSA) is 93.2 Å². The number of carbonyl (C=O) groups excluding carboxylic acids is 2. The minimum atomic E-state index is -0.354. The molecule has 1 aliphatic heterocycles. The summed E-state index contributed by atoms with van der Waals surface area (Å²) in [7, 11) is 0. The largest absolute Gasteiger partial charge is 0.482 e. The number of carbonyl (C=O) groups is 2. The number of amides is 1. The highest BCUT2D eigenvalue weighted by atomic mass is 32.2. The Kier molecular flexibility index (Phi) is 5.50. The summed E-state index contributed by atoms with van der Waals surface area (Å²) in [5.74, 6) is 0.283. The third-order valence-corrected chi connectivity index (χ3v) is 6.24. The van der Waals surface area contributed by atoms with Crippen LogP contribution in [0.4, 0.5) is 16.5 Å². The van der Waals surface area contributed by atoms with Crippen LogP contribution in [0.15, 0.2) is 46.8 Å². The average Bonchev–Trinajstić information content (AvgIpc) is 3.13. The molecule has 1 amide bonds. The van der Waals surface area contributed by atoms with E-state index >= 15 is 0 Å². The molecule has 1 aliphatic rings. The lowest BCUT2D eigenvalue weighted by Gasteiger charge is -2.18. The van der Waals surface area contributed by atoms with Gasteiger partial charge in [-0.2, -0.15) is 0 Å². The number of hydrogen-bond acceptors (Lipinski definition) is 8. The third-order valence-electron chi connectivity index (χ3n) is 4.22. The zero-order valence-corrected chi connectivity index (χ0v) is 17.4. The number of nitrogens with one attached hydrogen (secondary N) is 2. The fourth-order valence-electron chi connectivity index (χ4n) is 2.83. The molecule has 7 nitrogen and oxygen atoms in total. The monoisotopic (exact) mass is 426 g/mol. The molecule has 0 aliphatic carbocycles. The number of ketones is 1. The van der Waals surface area contributed by atoms with Crippen LogP contribution in [-0.2, 0) is 4.79 Å². The second-order valence-electron chi connectivity index (χ2n) is 6.54. The van der Waals surface area contributed by atoms with Gasteiger partial charge in [0.2, 0.25) is 5.13 Å². The smallest absolute Gasteiger partial charge is 0.262 e. The summed E-state index contributed by atoms with van der Waals surface area (Å²) in [6.07, 6.45) is 0. The first-order chi connectivity index (χ1) is 14.0. The predicted molar refractivity (Wildman–Crippen MR) is 115 cm³/mol. The lowest BCUT2D eigenvalue weighted by Crippen LogP contribution is -2.25. The van der Waals surface area contributed by atoms with Gasteiger partial charge in [0.15, 0.2) is 16.7 Å². The van der Waals surface area contributed by atoms with Crippen LogP contribution < -0.4 is 15.4 Å². The maximum absolute atomic E-state index is 12.8. The van der Waals surface area contributed by atoms with E-state index in [9.17, 15) is 9.59 Å². The molecule has 2 N–H and O–H groups in total. The van der Waals surface area contributed by atoms with Gasteiger partial charge in [-0.1, -0.05) is 35.2 Å². The van der Waals surface area contributed by atoms with E-state index in [1.807, 2.05) is 38.1 Å². The highest BCUT2D eigenvalue weighted by Crippen LogP contribution is 2.33. The molecule has 1 aromatic heterocycles. The molecule has 0 bridgehead atoms. The Morgan fingerprint density at radius 2 is 2.14 bits per heavy atom. The van der Waals surface area contributed by atoms with Crippen LogP contribution in [0, 0.1) is 6.92 Å². The summed E-state index contributed by atoms with van der Waals surface area (Å²) < 4.78 is 6.04. The van der Waals surface area contributed by atoms with Gasteiger partial charge in [-0.3, -0.25) is 9.59 Å². The highest BCUT2D eigenvalue weighted by Gasteiger charge is 2.22. The fourth-order valence-corrected chi connectivity index (χ4v) is 4.82. The normalized spacial score (nSPS) is 13.8. The standard InChI is InChI=1S/C20H18N4O3S2/c1-11-4-3-5-14(8-11)21-19-23-24-20(29-19)28-12(2)18(26)13-6-7-16-15(9-13)22-17(25)10-27-16/h3-9,12H,10H2,1-2H3,(H,21,23)(H,22,25)/t12-/m0/s1. The number of anilines is 3. The number of thioether (sulfide) groups is 1. The first kappa shape index (κ1) is 19.4. The molecule has 0 saturated carbocycles. The van der Waals surface area contributed by atoms with Gasteiger partial charge in [-0.05, 0) is 49.7 Å². The minimum absolute atomic E-state index is 0.0114. The zero-order valence-electron chi connectivity index (χ0n) is 15.8. The van der Waals surface area contributed by atoms with Crippen molar-refractivity contribution in [2.24, 2.45) is 0 Å². The van der Waals surface area contributed by atoms with Crippen molar-refractivity contribution >= 4 is 51.3 Å². The molecule has 3 aromatic rings. The highest BCUT2D eigenvalue weighted by molar-refractivity contribution is 8.02. The number of rotatable bonds is 6. The van der Waals surface area contributed by atoms with Crippen molar-refractivity contribution in [2.75, 3.05) is 17.2 Å². The van der Waals surface area contributed by atoms with Crippen molar-refractivity contribution in [1.29, 1.82) is 0 Å². The Hall–Kier alpha value is -2.91. The van der Waals surface area contributed by atoms with Crippen LogP contribution in [-0.4, -0.2) is 33.7 Å². The van der Waals surface area contributed by atoms with Crippen LogP contribution in [0.1, 0.15) is 22.8 Å². The molecule has 2 heterocycles. The molecule has 0 radical (unpaired) electrons. The summed E-state index contributed by atoms with van der Waals surface area (Å²) >= 11 is 2.75. The molecule has 1 atom stereocenters. The molecule has 148 valence electrons. The molecule has 9 heteroatoms. The quantitative estimate of drug-likeness (QED) is 0.449. The first-order valence-electron chi connectivity index (χ1n) is 8.93. The molecule has 4 rings (SSSR count). The van der Waals surface area contributed by atoms with Crippen molar-refractivity contribution in [3.63, 3.8) is 0 Å². The third kappa shape index (κ3) is 4.57. The summed E-state index contributed by atoms with van der Waals surface area (Å²) in [5.41, 5.74) is 3.13. The van der Waals surface area contributed by atoms with E-state index in [4.69, 9.17) is 4.74 Å². The van der Waals surface area contributed by atoms with Crippen LogP contribution in [0.25, 0.3) is 0 Å². The Morgan fingerprint density at radius 3 is 2.97 bits per heavy atom. The number of fused-ring (bicyclic) bond motifs is 1. The predicted octanol–water partition coefficient (Wildman–Crippen LogP) is 4.28. The Bertz CT molecular complexity index is 1080. The Labute approximate surface area is 175 Å². The van der Waals surface area contributed by atoms with E-state index < -0.39 is 0 Å². The molecular weight excluding hydrogens is 408 g/mol. The molecular formula is C20H18N4O3S2. The number of benzene rings is 2. The number of aromatic nitrogens is 2. The maximum atomic E-state index is 12.8. The number of Topliss-reactive ketones (excluding diaryl/α,β-unsaturated/α-hetero) is 1. The SMILES string of the molecule is Cc1cccc(Nc2nnc(S[C@@H](C)C(=O)c3ccc4c(c3)NC(=O)CO4)s2)c1. The number of hydrogen-bond donors (Lipinski definition) is 2. The van der Waals surface area contributed by atoms with Gasteiger partial charge in [0, 0.05) is 11.3 Å². The van der Waals surface area contributed by atoms with Gasteiger partial charge in [0.25, 0.3) is 5.91 Å². The average molecular weight is 427 g/mol. The van der Waals surface area contributed by atoms with E-state index in [2.05, 4.69) is 20.8 Å². The number of nitrogens with zero attached hydrogens (tertiary/aromatic N) is 2. The molecule has 2 aromatic carbocycles. The Balaban J connectivity index is 1.42. The van der Waals surface area contributed by atoms with Gasteiger partial charge in [-0.15, -0.1) is 10.2 Å². The summed E-state index contributed by atoms with van der Waals surface area (Å²) in [4.78, 5) is 24.3. The minimum Gasteiger partial charge on any atom is -0.482 e. The second kappa shape index (κ2) is 8.22. The lowest BCUT2D eigenvalue weighted by molar-refractivity contribution is -0.118. The summed E-state index contributed by atoms with van der Waals surface area (Å²) in [6.45, 7) is 3.84. The maximum Gasteiger partial charge on any atom is 0.262 e. The van der Waals surface area contributed by atoms with Crippen LogP contribution in [0.2, 0.25) is 0 Å². The van der Waals surface area contributed by atoms with E-state index in [0.29, 0.717) is 26.5 Å². The molecule has 0 unspecified atom stereocenters. The van der Waals surface area contributed by atoms with Gasteiger partial charge < -0.3 is 15.4 Å². The second-order valence-corrected chi connectivity index (χ2v) is 9.11. The van der Waals surface area contributed by atoms with Crippen molar-refractivity contribution in [2.45, 2.75) is 23.4 Å². The van der Waals surface area contributed by atoms with Crippen LogP contribution >= 0.6 is 23.1 Å². The van der Waals surface area contributed by atoms with Gasteiger partial charge >= 0.3 is 0 Å².